The molecule has 1 fully saturated rings. The number of fused-ring (bicyclic) bond motifs is 1. The number of nitrogens with one attached hydrogen (secondary N) is 2. The fourth-order valence-electron chi connectivity index (χ4n) is 2.69. The fourth-order valence-corrected chi connectivity index (χ4v) is 2.69. The third kappa shape index (κ3) is 2.95. The van der Waals surface area contributed by atoms with E-state index in [1.54, 1.807) is 0 Å². The van der Waals surface area contributed by atoms with Crippen LogP contribution in [0, 0.1) is 5.92 Å². The van der Waals surface area contributed by atoms with Crippen LogP contribution in [0.5, 0.6) is 11.5 Å². The summed E-state index contributed by atoms with van der Waals surface area (Å²) in [6, 6.07) is 13.5. The molecule has 0 spiro atoms. The van der Waals surface area contributed by atoms with E-state index in [0.29, 0.717) is 0 Å². The first-order valence-electron chi connectivity index (χ1n) is 7.85. The van der Waals surface area contributed by atoms with Crippen molar-refractivity contribution >= 4 is 23.0 Å². The van der Waals surface area contributed by atoms with Crippen molar-refractivity contribution in [3.63, 3.8) is 0 Å². The maximum absolute atomic E-state index is 11.9. The number of carbonyl (C=O) groups is 1. The average molecular weight is 310 g/mol. The van der Waals surface area contributed by atoms with Crippen LogP contribution in [0.25, 0.3) is 0 Å². The molecule has 2 aromatic carbocycles. The van der Waals surface area contributed by atoms with Gasteiger partial charge in [0, 0.05) is 29.0 Å². The molecule has 1 amide bonds. The topological polar surface area (TPSA) is 59.6 Å². The van der Waals surface area contributed by atoms with Gasteiger partial charge in [-0.15, -0.1) is 0 Å². The molecule has 1 saturated carbocycles. The van der Waals surface area contributed by atoms with Gasteiger partial charge in [-0.2, -0.15) is 0 Å². The number of hydrogen-bond donors (Lipinski definition) is 2. The molecule has 2 N–H and O–H groups in total. The van der Waals surface area contributed by atoms with Crippen molar-refractivity contribution in [3.05, 3.63) is 42.5 Å². The molecule has 1 heterocycles. The summed E-state index contributed by atoms with van der Waals surface area (Å²) in [7, 11) is 0. The molecule has 1 aliphatic heterocycles. The Morgan fingerprint density at radius 3 is 2.35 bits per heavy atom. The number of carbonyl (C=O) groups excluding carboxylic acids is 1. The van der Waals surface area contributed by atoms with Crippen molar-refractivity contribution in [1.29, 1.82) is 0 Å². The minimum absolute atomic E-state index is 0.132. The summed E-state index contributed by atoms with van der Waals surface area (Å²) in [4.78, 5) is 11.9. The zero-order valence-corrected chi connectivity index (χ0v) is 12.7. The van der Waals surface area contributed by atoms with Gasteiger partial charge in [0.1, 0.15) is 0 Å². The minimum atomic E-state index is 0.132. The Morgan fingerprint density at radius 1 is 0.913 bits per heavy atom. The molecule has 0 radical (unpaired) electrons. The van der Waals surface area contributed by atoms with Gasteiger partial charge in [-0.3, -0.25) is 4.79 Å². The van der Waals surface area contributed by atoms with Crippen LogP contribution in [-0.4, -0.2) is 12.7 Å². The van der Waals surface area contributed by atoms with Gasteiger partial charge in [-0.1, -0.05) is 6.42 Å². The Kier molecular flexibility index (Phi) is 3.54. The van der Waals surface area contributed by atoms with Gasteiger partial charge < -0.3 is 20.1 Å². The van der Waals surface area contributed by atoms with Crippen LogP contribution in [0.2, 0.25) is 0 Å². The quantitative estimate of drug-likeness (QED) is 0.899. The van der Waals surface area contributed by atoms with E-state index in [1.807, 2.05) is 42.5 Å². The summed E-state index contributed by atoms with van der Waals surface area (Å²) in [6.45, 7) is 0.272. The third-order valence-electron chi connectivity index (χ3n) is 4.29. The zero-order chi connectivity index (χ0) is 15.6. The molecule has 2 aliphatic rings. The predicted molar refractivity (Wildman–Crippen MR) is 88.3 cm³/mol. The Bertz CT molecular complexity index is 724. The lowest BCUT2D eigenvalue weighted by molar-refractivity contribution is -0.122. The van der Waals surface area contributed by atoms with Crippen molar-refractivity contribution in [3.8, 4) is 11.5 Å². The number of amides is 1. The van der Waals surface area contributed by atoms with Gasteiger partial charge in [0.2, 0.25) is 12.7 Å². The highest BCUT2D eigenvalue weighted by molar-refractivity contribution is 5.93. The van der Waals surface area contributed by atoms with E-state index in [0.717, 1.165) is 47.8 Å². The number of rotatable bonds is 4. The van der Waals surface area contributed by atoms with Gasteiger partial charge >= 0.3 is 0 Å². The summed E-state index contributed by atoms with van der Waals surface area (Å²) >= 11 is 0. The van der Waals surface area contributed by atoms with E-state index in [-0.39, 0.29) is 18.6 Å². The Balaban J connectivity index is 1.40. The van der Waals surface area contributed by atoms with Gasteiger partial charge in [0.05, 0.1) is 0 Å². The summed E-state index contributed by atoms with van der Waals surface area (Å²) in [6.07, 6.45) is 3.18. The summed E-state index contributed by atoms with van der Waals surface area (Å²) < 4.78 is 10.7. The lowest BCUT2D eigenvalue weighted by Crippen LogP contribution is -2.27. The molecule has 0 unspecified atom stereocenters. The van der Waals surface area contributed by atoms with Crippen LogP contribution in [0.1, 0.15) is 19.3 Å². The lowest BCUT2D eigenvalue weighted by atomic mass is 9.85. The number of hydrogen-bond acceptors (Lipinski definition) is 4. The van der Waals surface area contributed by atoms with Gasteiger partial charge in [-0.05, 0) is 49.2 Å². The first-order valence-corrected chi connectivity index (χ1v) is 7.85. The van der Waals surface area contributed by atoms with E-state index in [9.17, 15) is 4.79 Å². The van der Waals surface area contributed by atoms with Gasteiger partial charge in [0.15, 0.2) is 11.5 Å². The van der Waals surface area contributed by atoms with Crippen molar-refractivity contribution in [2.45, 2.75) is 19.3 Å². The van der Waals surface area contributed by atoms with Gasteiger partial charge in [-0.25, -0.2) is 0 Å². The molecular weight excluding hydrogens is 292 g/mol. The molecule has 1 aliphatic carbocycles. The molecule has 4 rings (SSSR count). The first-order chi connectivity index (χ1) is 11.3. The smallest absolute Gasteiger partial charge is 0.231 e. The lowest BCUT2D eigenvalue weighted by Gasteiger charge is -2.24. The van der Waals surface area contributed by atoms with E-state index in [4.69, 9.17) is 9.47 Å². The van der Waals surface area contributed by atoms with Crippen molar-refractivity contribution in [1.82, 2.24) is 0 Å². The Labute approximate surface area is 134 Å². The molecular formula is C18H18N2O3. The second kappa shape index (κ2) is 5.83. The number of anilines is 3. The standard InChI is InChI=1S/C18H18N2O3/c21-18(12-2-1-3-12)20-14-6-4-13(5-7-14)19-15-8-9-16-17(10-15)23-11-22-16/h4-10,12,19H,1-3,11H2,(H,20,21). The van der Waals surface area contributed by atoms with E-state index in [2.05, 4.69) is 10.6 Å². The maximum atomic E-state index is 11.9. The van der Waals surface area contributed by atoms with Crippen LogP contribution in [-0.2, 0) is 4.79 Å². The Hall–Kier alpha value is -2.69. The molecule has 0 aromatic heterocycles. The van der Waals surface area contributed by atoms with Crippen molar-refractivity contribution in [2.24, 2.45) is 5.92 Å². The normalized spacial score (nSPS) is 15.8. The molecule has 23 heavy (non-hydrogen) atoms. The van der Waals surface area contributed by atoms with Crippen LogP contribution in [0.4, 0.5) is 17.1 Å². The highest BCUT2D eigenvalue weighted by Gasteiger charge is 2.25. The van der Waals surface area contributed by atoms with E-state index < -0.39 is 0 Å². The summed E-state index contributed by atoms with van der Waals surface area (Å²) in [5, 5.41) is 6.28. The maximum Gasteiger partial charge on any atom is 0.231 e. The third-order valence-corrected chi connectivity index (χ3v) is 4.29. The summed E-state index contributed by atoms with van der Waals surface area (Å²) in [5.41, 5.74) is 2.71. The fraction of sp³-hybridized carbons (Fsp3) is 0.278. The second-order valence-corrected chi connectivity index (χ2v) is 5.89. The SMILES string of the molecule is O=C(Nc1ccc(Nc2ccc3c(c2)OCO3)cc1)C1CCC1. The van der Waals surface area contributed by atoms with E-state index in [1.165, 1.54) is 0 Å². The average Bonchev–Trinajstić information content (AvgIpc) is 2.95. The second-order valence-electron chi connectivity index (χ2n) is 5.89. The molecule has 5 nitrogen and oxygen atoms in total. The van der Waals surface area contributed by atoms with Crippen molar-refractivity contribution in [2.75, 3.05) is 17.4 Å². The number of ether oxygens (including phenoxy) is 2. The van der Waals surface area contributed by atoms with E-state index >= 15 is 0 Å². The van der Waals surface area contributed by atoms with Crippen LogP contribution >= 0.6 is 0 Å². The van der Waals surface area contributed by atoms with Crippen LogP contribution < -0.4 is 20.1 Å². The molecule has 0 bridgehead atoms. The number of benzene rings is 2. The van der Waals surface area contributed by atoms with Crippen molar-refractivity contribution < 1.29 is 14.3 Å². The Morgan fingerprint density at radius 2 is 1.61 bits per heavy atom. The minimum Gasteiger partial charge on any atom is -0.454 e. The van der Waals surface area contributed by atoms with Crippen LogP contribution in [0.3, 0.4) is 0 Å². The molecule has 0 atom stereocenters. The van der Waals surface area contributed by atoms with Crippen LogP contribution in [0.15, 0.2) is 42.5 Å². The highest BCUT2D eigenvalue weighted by Crippen LogP contribution is 2.35. The molecule has 0 saturated heterocycles. The predicted octanol–water partition coefficient (Wildman–Crippen LogP) is 3.90. The van der Waals surface area contributed by atoms with Gasteiger partial charge in [0.25, 0.3) is 0 Å². The summed E-state index contributed by atoms with van der Waals surface area (Å²) in [5.74, 6) is 1.85. The largest absolute Gasteiger partial charge is 0.454 e. The zero-order valence-electron chi connectivity index (χ0n) is 12.7. The first kappa shape index (κ1) is 13.9. The molecule has 118 valence electrons. The molecule has 2 aromatic rings. The monoisotopic (exact) mass is 310 g/mol. The highest BCUT2D eigenvalue weighted by atomic mass is 16.7. The molecule has 5 heteroatoms.